The van der Waals surface area contributed by atoms with Crippen LogP contribution in [0.15, 0.2) is 59.1 Å². The minimum Gasteiger partial charge on any atom is -0.319 e. The van der Waals surface area contributed by atoms with Crippen LogP contribution >= 0.6 is 15.9 Å². The molecule has 0 spiro atoms. The van der Waals surface area contributed by atoms with Crippen LogP contribution in [-0.2, 0) is 16.9 Å². The number of hydrogen-bond donors (Lipinski definition) is 1. The molecule has 1 heterocycles. The summed E-state index contributed by atoms with van der Waals surface area (Å²) >= 11 is 3.39. The van der Waals surface area contributed by atoms with E-state index in [1.54, 1.807) is 0 Å². The molecule has 0 bridgehead atoms. The summed E-state index contributed by atoms with van der Waals surface area (Å²) in [5, 5.41) is 2.94. The fourth-order valence-electron chi connectivity index (χ4n) is 3.15. The first-order valence-corrected chi connectivity index (χ1v) is 8.80. The Labute approximate surface area is 150 Å². The van der Waals surface area contributed by atoms with E-state index in [0.717, 1.165) is 22.0 Å². The van der Waals surface area contributed by atoms with Crippen molar-refractivity contribution >= 4 is 27.9 Å². The number of nitrogens with one attached hydrogen (secondary N) is 1. The number of rotatable bonds is 5. The van der Waals surface area contributed by atoms with Gasteiger partial charge in [-0.1, -0.05) is 71.7 Å². The smallest absolute Gasteiger partial charge is 0.319 e. The molecule has 0 saturated carbocycles. The van der Waals surface area contributed by atoms with Crippen molar-refractivity contribution in [1.29, 1.82) is 0 Å². The number of nitrogens with zero attached hydrogens (tertiary/aromatic N) is 1. The standard InChI is InChI=1S/C19H19BrN2O2/c1-2-12-19(15-6-4-3-5-7-15)17(23)22(18(24)21-19)13-14-8-10-16(20)11-9-14/h3-11H,2,12-13H2,1H3,(H,21,24)/t19-/m1/s1. The Morgan fingerprint density at radius 3 is 2.33 bits per heavy atom. The van der Waals surface area contributed by atoms with Gasteiger partial charge in [0.15, 0.2) is 0 Å². The number of benzene rings is 2. The first-order chi connectivity index (χ1) is 11.6. The van der Waals surface area contributed by atoms with Gasteiger partial charge in [-0.15, -0.1) is 0 Å². The predicted octanol–water partition coefficient (Wildman–Crippen LogP) is 4.20. The third kappa shape index (κ3) is 2.96. The van der Waals surface area contributed by atoms with Gasteiger partial charge in [-0.2, -0.15) is 0 Å². The lowest BCUT2D eigenvalue weighted by Gasteiger charge is -2.27. The van der Waals surface area contributed by atoms with Gasteiger partial charge in [0, 0.05) is 4.47 Å². The molecule has 5 heteroatoms. The van der Waals surface area contributed by atoms with Crippen molar-refractivity contribution in [2.45, 2.75) is 31.8 Å². The minimum atomic E-state index is -0.956. The Morgan fingerprint density at radius 2 is 1.71 bits per heavy atom. The molecule has 3 rings (SSSR count). The SMILES string of the molecule is CCC[C@]1(c2ccccc2)NC(=O)N(Cc2ccc(Br)cc2)C1=O. The second-order valence-corrected chi connectivity index (χ2v) is 6.88. The van der Waals surface area contributed by atoms with Crippen LogP contribution in [0.25, 0.3) is 0 Å². The molecule has 0 radical (unpaired) electrons. The summed E-state index contributed by atoms with van der Waals surface area (Å²) in [7, 11) is 0. The fraction of sp³-hybridized carbons (Fsp3) is 0.263. The summed E-state index contributed by atoms with van der Waals surface area (Å²) in [6, 6.07) is 16.8. The zero-order valence-corrected chi connectivity index (χ0v) is 15.0. The van der Waals surface area contributed by atoms with Crippen LogP contribution in [0.5, 0.6) is 0 Å². The van der Waals surface area contributed by atoms with Crippen molar-refractivity contribution in [3.63, 3.8) is 0 Å². The molecule has 0 aliphatic carbocycles. The molecule has 1 aliphatic heterocycles. The molecule has 1 fully saturated rings. The maximum absolute atomic E-state index is 13.1. The van der Waals surface area contributed by atoms with Crippen molar-refractivity contribution in [2.75, 3.05) is 0 Å². The van der Waals surface area contributed by atoms with Crippen molar-refractivity contribution in [1.82, 2.24) is 10.2 Å². The molecule has 1 atom stereocenters. The zero-order chi connectivity index (χ0) is 17.2. The fourth-order valence-corrected chi connectivity index (χ4v) is 3.41. The Kier molecular flexibility index (Phi) is 4.71. The van der Waals surface area contributed by atoms with Crippen LogP contribution in [0, 0.1) is 0 Å². The molecule has 1 N–H and O–H groups in total. The minimum absolute atomic E-state index is 0.177. The van der Waals surface area contributed by atoms with Gasteiger partial charge >= 0.3 is 6.03 Å². The zero-order valence-electron chi connectivity index (χ0n) is 13.5. The van der Waals surface area contributed by atoms with Crippen molar-refractivity contribution in [2.24, 2.45) is 0 Å². The number of imide groups is 1. The van der Waals surface area contributed by atoms with Gasteiger partial charge in [-0.05, 0) is 29.7 Å². The third-order valence-electron chi connectivity index (χ3n) is 4.32. The van der Waals surface area contributed by atoms with E-state index in [1.807, 2.05) is 61.5 Å². The Morgan fingerprint density at radius 1 is 1.04 bits per heavy atom. The second-order valence-electron chi connectivity index (χ2n) is 5.97. The summed E-state index contributed by atoms with van der Waals surface area (Å²) in [6.07, 6.45) is 1.38. The van der Waals surface area contributed by atoms with Crippen molar-refractivity contribution < 1.29 is 9.59 Å². The molecule has 0 aromatic heterocycles. The highest BCUT2D eigenvalue weighted by molar-refractivity contribution is 9.10. The molecule has 1 saturated heterocycles. The summed E-state index contributed by atoms with van der Waals surface area (Å²) in [4.78, 5) is 26.9. The molecular formula is C19H19BrN2O2. The third-order valence-corrected chi connectivity index (χ3v) is 4.85. The largest absolute Gasteiger partial charge is 0.325 e. The summed E-state index contributed by atoms with van der Waals surface area (Å²) in [6.45, 7) is 2.29. The van der Waals surface area contributed by atoms with Gasteiger partial charge in [0.05, 0.1) is 6.54 Å². The number of halogens is 1. The topological polar surface area (TPSA) is 49.4 Å². The maximum Gasteiger partial charge on any atom is 0.325 e. The lowest BCUT2D eigenvalue weighted by atomic mass is 9.85. The van der Waals surface area contributed by atoms with Crippen molar-refractivity contribution in [3.05, 3.63) is 70.2 Å². The summed E-state index contributed by atoms with van der Waals surface area (Å²) in [5.41, 5.74) is 0.799. The maximum atomic E-state index is 13.1. The van der Waals surface area contributed by atoms with Gasteiger partial charge in [0.25, 0.3) is 5.91 Å². The number of carbonyl (C=O) groups excluding carboxylic acids is 2. The van der Waals surface area contributed by atoms with Gasteiger partial charge in [0.1, 0.15) is 5.54 Å². The highest BCUT2D eigenvalue weighted by Gasteiger charge is 2.51. The lowest BCUT2D eigenvalue weighted by molar-refractivity contribution is -0.132. The lowest BCUT2D eigenvalue weighted by Crippen LogP contribution is -2.43. The molecule has 124 valence electrons. The number of urea groups is 1. The highest BCUT2D eigenvalue weighted by atomic mass is 79.9. The van der Waals surface area contributed by atoms with Crippen LogP contribution in [0.4, 0.5) is 4.79 Å². The second kappa shape index (κ2) is 6.77. The molecule has 3 amide bonds. The van der Waals surface area contributed by atoms with Crippen molar-refractivity contribution in [3.8, 4) is 0 Å². The van der Waals surface area contributed by atoms with Crippen LogP contribution in [0.1, 0.15) is 30.9 Å². The Hall–Kier alpha value is -2.14. The average molecular weight is 387 g/mol. The average Bonchev–Trinajstić information content (AvgIpc) is 2.83. The van der Waals surface area contributed by atoms with Gasteiger partial charge in [-0.3, -0.25) is 9.69 Å². The Balaban J connectivity index is 1.92. The van der Waals surface area contributed by atoms with Crippen LogP contribution in [0.3, 0.4) is 0 Å². The molecular weight excluding hydrogens is 368 g/mol. The molecule has 24 heavy (non-hydrogen) atoms. The number of hydrogen-bond acceptors (Lipinski definition) is 2. The van der Waals surface area contributed by atoms with E-state index in [9.17, 15) is 9.59 Å². The number of amides is 3. The molecule has 4 nitrogen and oxygen atoms in total. The van der Waals surface area contributed by atoms with E-state index in [0.29, 0.717) is 6.42 Å². The highest BCUT2D eigenvalue weighted by Crippen LogP contribution is 2.34. The number of carbonyl (C=O) groups is 2. The Bertz CT molecular complexity index is 746. The van der Waals surface area contributed by atoms with E-state index >= 15 is 0 Å². The van der Waals surface area contributed by atoms with Gasteiger partial charge in [0.2, 0.25) is 0 Å². The van der Waals surface area contributed by atoms with Crippen LogP contribution < -0.4 is 5.32 Å². The van der Waals surface area contributed by atoms with E-state index in [4.69, 9.17) is 0 Å². The van der Waals surface area contributed by atoms with Gasteiger partial charge < -0.3 is 5.32 Å². The normalized spacial score (nSPS) is 20.3. The van der Waals surface area contributed by atoms with Crippen LogP contribution in [-0.4, -0.2) is 16.8 Å². The summed E-state index contributed by atoms with van der Waals surface area (Å²) in [5.74, 6) is -0.177. The molecule has 1 aliphatic rings. The molecule has 2 aromatic carbocycles. The van der Waals surface area contributed by atoms with Crippen LogP contribution in [0.2, 0.25) is 0 Å². The van der Waals surface area contributed by atoms with E-state index < -0.39 is 5.54 Å². The first kappa shape index (κ1) is 16.7. The quantitative estimate of drug-likeness (QED) is 0.782. The summed E-state index contributed by atoms with van der Waals surface area (Å²) < 4.78 is 0.966. The first-order valence-electron chi connectivity index (χ1n) is 8.01. The van der Waals surface area contributed by atoms with E-state index in [-0.39, 0.29) is 18.5 Å². The monoisotopic (exact) mass is 386 g/mol. The molecule has 0 unspecified atom stereocenters. The van der Waals surface area contributed by atoms with E-state index in [2.05, 4.69) is 21.2 Å². The predicted molar refractivity (Wildman–Crippen MR) is 96.3 cm³/mol. The molecule has 2 aromatic rings. The van der Waals surface area contributed by atoms with Gasteiger partial charge in [-0.25, -0.2) is 4.79 Å². The van der Waals surface area contributed by atoms with E-state index in [1.165, 1.54) is 4.90 Å².